The van der Waals surface area contributed by atoms with E-state index in [1.807, 2.05) is 24.0 Å². The number of amides is 2. The molecule has 138 valence electrons. The van der Waals surface area contributed by atoms with Crippen molar-refractivity contribution in [3.63, 3.8) is 0 Å². The monoisotopic (exact) mass is 385 g/mol. The first-order valence-electron chi connectivity index (χ1n) is 8.59. The number of hydrogen-bond donors (Lipinski definition) is 1. The van der Waals surface area contributed by atoms with Crippen LogP contribution in [0.5, 0.6) is 0 Å². The molecule has 2 amide bonds. The SMILES string of the molecule is CC(N)C1CCCCN1C(=O)C1CC(=O)N(c2ccc(Cl)cc2)C1.Cl. The largest absolute Gasteiger partial charge is 0.338 e. The molecular formula is C18H25Cl2N3O2. The molecule has 0 aliphatic carbocycles. The Morgan fingerprint density at radius 1 is 1.28 bits per heavy atom. The number of rotatable bonds is 3. The van der Waals surface area contributed by atoms with Crippen molar-refractivity contribution in [1.82, 2.24) is 4.90 Å². The van der Waals surface area contributed by atoms with Crippen LogP contribution >= 0.6 is 24.0 Å². The molecule has 2 N–H and O–H groups in total. The minimum absolute atomic E-state index is 0. The highest BCUT2D eigenvalue weighted by molar-refractivity contribution is 6.30. The Morgan fingerprint density at radius 3 is 2.60 bits per heavy atom. The number of nitrogens with two attached hydrogens (primary N) is 1. The van der Waals surface area contributed by atoms with E-state index in [9.17, 15) is 9.59 Å². The van der Waals surface area contributed by atoms with Crippen molar-refractivity contribution in [2.45, 2.75) is 44.7 Å². The van der Waals surface area contributed by atoms with Crippen molar-refractivity contribution in [2.24, 2.45) is 11.7 Å². The van der Waals surface area contributed by atoms with Gasteiger partial charge in [-0.15, -0.1) is 12.4 Å². The smallest absolute Gasteiger partial charge is 0.228 e. The summed E-state index contributed by atoms with van der Waals surface area (Å²) in [5.74, 6) is -0.223. The second kappa shape index (κ2) is 8.39. The third kappa shape index (κ3) is 4.27. The molecule has 0 aromatic heterocycles. The van der Waals surface area contributed by atoms with Crippen LogP contribution in [0.1, 0.15) is 32.6 Å². The molecule has 0 bridgehead atoms. The summed E-state index contributed by atoms with van der Waals surface area (Å²) in [6.07, 6.45) is 3.33. The second-order valence-corrected chi connectivity index (χ2v) is 7.27. The number of carbonyl (C=O) groups excluding carboxylic acids is 2. The lowest BCUT2D eigenvalue weighted by Gasteiger charge is -2.39. The Morgan fingerprint density at radius 2 is 1.96 bits per heavy atom. The van der Waals surface area contributed by atoms with Gasteiger partial charge in [-0.2, -0.15) is 0 Å². The maximum Gasteiger partial charge on any atom is 0.228 e. The number of nitrogens with zero attached hydrogens (tertiary/aromatic N) is 2. The zero-order chi connectivity index (χ0) is 17.3. The Bertz CT molecular complexity index is 621. The number of anilines is 1. The highest BCUT2D eigenvalue weighted by atomic mass is 35.5. The highest BCUT2D eigenvalue weighted by Crippen LogP contribution is 2.29. The molecule has 2 aliphatic heterocycles. The second-order valence-electron chi connectivity index (χ2n) is 6.84. The van der Waals surface area contributed by atoms with E-state index in [0.29, 0.717) is 11.6 Å². The summed E-state index contributed by atoms with van der Waals surface area (Å²) in [7, 11) is 0. The van der Waals surface area contributed by atoms with Crippen molar-refractivity contribution in [3.8, 4) is 0 Å². The van der Waals surface area contributed by atoms with Crippen molar-refractivity contribution in [1.29, 1.82) is 0 Å². The van der Waals surface area contributed by atoms with E-state index in [1.54, 1.807) is 17.0 Å². The van der Waals surface area contributed by atoms with Gasteiger partial charge in [0.1, 0.15) is 0 Å². The van der Waals surface area contributed by atoms with Crippen LogP contribution in [0.25, 0.3) is 0 Å². The van der Waals surface area contributed by atoms with Gasteiger partial charge in [-0.25, -0.2) is 0 Å². The fourth-order valence-corrected chi connectivity index (χ4v) is 3.88. The molecule has 25 heavy (non-hydrogen) atoms. The van der Waals surface area contributed by atoms with E-state index in [0.717, 1.165) is 31.5 Å². The lowest BCUT2D eigenvalue weighted by molar-refractivity contribution is -0.139. The van der Waals surface area contributed by atoms with Crippen molar-refractivity contribution in [2.75, 3.05) is 18.0 Å². The zero-order valence-corrected chi connectivity index (χ0v) is 15.9. The third-order valence-electron chi connectivity index (χ3n) is 5.05. The molecule has 3 atom stereocenters. The molecule has 1 aromatic rings. The summed E-state index contributed by atoms with van der Waals surface area (Å²) in [5, 5.41) is 0.631. The van der Waals surface area contributed by atoms with E-state index >= 15 is 0 Å². The minimum atomic E-state index is -0.285. The van der Waals surface area contributed by atoms with Crippen molar-refractivity contribution in [3.05, 3.63) is 29.3 Å². The van der Waals surface area contributed by atoms with Crippen LogP contribution in [0.2, 0.25) is 5.02 Å². The molecule has 3 unspecified atom stereocenters. The Balaban J connectivity index is 0.00000225. The quantitative estimate of drug-likeness (QED) is 0.869. The summed E-state index contributed by atoms with van der Waals surface area (Å²) in [6.45, 7) is 3.13. The average molecular weight is 386 g/mol. The van der Waals surface area contributed by atoms with Gasteiger partial charge in [0.25, 0.3) is 0 Å². The molecule has 7 heteroatoms. The van der Waals surface area contributed by atoms with E-state index in [2.05, 4.69) is 0 Å². The summed E-state index contributed by atoms with van der Waals surface area (Å²) < 4.78 is 0. The van der Waals surface area contributed by atoms with Crippen LogP contribution in [-0.2, 0) is 9.59 Å². The number of piperidine rings is 1. The first kappa shape index (κ1) is 20.0. The molecule has 0 spiro atoms. The van der Waals surface area contributed by atoms with Gasteiger partial charge < -0.3 is 15.5 Å². The summed E-state index contributed by atoms with van der Waals surface area (Å²) in [6, 6.07) is 7.20. The molecule has 3 rings (SSSR count). The highest BCUT2D eigenvalue weighted by Gasteiger charge is 2.40. The van der Waals surface area contributed by atoms with E-state index < -0.39 is 0 Å². The van der Waals surface area contributed by atoms with E-state index in [1.165, 1.54) is 0 Å². The maximum atomic E-state index is 13.0. The standard InChI is InChI=1S/C18H24ClN3O2.ClH/c1-12(20)16-4-2-3-9-21(16)18(24)13-10-17(23)22(11-13)15-7-5-14(19)6-8-15;/h5-8,12-13,16H,2-4,9-11,20H2,1H3;1H. The summed E-state index contributed by atoms with van der Waals surface area (Å²) >= 11 is 5.90. The van der Waals surface area contributed by atoms with Gasteiger partial charge >= 0.3 is 0 Å². The van der Waals surface area contributed by atoms with E-state index in [-0.39, 0.29) is 48.6 Å². The predicted octanol–water partition coefficient (Wildman–Crippen LogP) is 2.84. The van der Waals surface area contributed by atoms with Crippen LogP contribution in [-0.4, -0.2) is 41.9 Å². The number of hydrogen-bond acceptors (Lipinski definition) is 3. The van der Waals surface area contributed by atoms with Crippen LogP contribution < -0.4 is 10.6 Å². The molecule has 1 aromatic carbocycles. The van der Waals surface area contributed by atoms with Crippen molar-refractivity contribution >= 4 is 41.5 Å². The lowest BCUT2D eigenvalue weighted by atomic mass is 9.94. The van der Waals surface area contributed by atoms with Gasteiger partial charge in [-0.05, 0) is 50.5 Å². The van der Waals surface area contributed by atoms with E-state index in [4.69, 9.17) is 17.3 Å². The molecule has 0 radical (unpaired) electrons. The average Bonchev–Trinajstić information content (AvgIpc) is 2.96. The van der Waals surface area contributed by atoms with Gasteiger partial charge in [-0.3, -0.25) is 9.59 Å². The predicted molar refractivity (Wildman–Crippen MR) is 102 cm³/mol. The molecule has 0 saturated carbocycles. The van der Waals surface area contributed by atoms with Crippen LogP contribution in [0.15, 0.2) is 24.3 Å². The topological polar surface area (TPSA) is 66.6 Å². The maximum absolute atomic E-state index is 13.0. The summed E-state index contributed by atoms with van der Waals surface area (Å²) in [4.78, 5) is 28.9. The molecule has 2 saturated heterocycles. The van der Waals surface area contributed by atoms with Gasteiger partial charge in [0.15, 0.2) is 0 Å². The number of halogens is 2. The Labute approximate surface area is 159 Å². The van der Waals surface area contributed by atoms with Crippen molar-refractivity contribution < 1.29 is 9.59 Å². The Kier molecular flexibility index (Phi) is 6.72. The van der Waals surface area contributed by atoms with Crippen LogP contribution in [0, 0.1) is 5.92 Å². The lowest BCUT2D eigenvalue weighted by Crippen LogP contribution is -2.53. The zero-order valence-electron chi connectivity index (χ0n) is 14.4. The number of carbonyl (C=O) groups is 2. The number of likely N-dealkylation sites (tertiary alicyclic amines) is 1. The number of benzene rings is 1. The fourth-order valence-electron chi connectivity index (χ4n) is 3.76. The molecular weight excluding hydrogens is 361 g/mol. The molecule has 2 aliphatic rings. The molecule has 5 nitrogen and oxygen atoms in total. The first-order chi connectivity index (χ1) is 11.5. The van der Waals surface area contributed by atoms with Gasteiger partial charge in [0.05, 0.1) is 5.92 Å². The van der Waals surface area contributed by atoms with Gasteiger partial charge in [-0.1, -0.05) is 11.6 Å². The first-order valence-corrected chi connectivity index (χ1v) is 8.97. The Hall–Kier alpha value is -1.30. The third-order valence-corrected chi connectivity index (χ3v) is 5.30. The fraction of sp³-hybridized carbons (Fsp3) is 0.556. The van der Waals surface area contributed by atoms with Crippen LogP contribution in [0.3, 0.4) is 0 Å². The summed E-state index contributed by atoms with van der Waals surface area (Å²) in [5.41, 5.74) is 6.86. The minimum Gasteiger partial charge on any atom is -0.338 e. The molecule has 2 fully saturated rings. The molecule has 2 heterocycles. The van der Waals surface area contributed by atoms with Gasteiger partial charge in [0.2, 0.25) is 11.8 Å². The van der Waals surface area contributed by atoms with Gasteiger partial charge in [0, 0.05) is 42.3 Å². The normalized spacial score (nSPS) is 24.8. The van der Waals surface area contributed by atoms with Crippen LogP contribution in [0.4, 0.5) is 5.69 Å².